The second-order valence-electron chi connectivity index (χ2n) is 4.18. The average Bonchev–Trinajstić information content (AvgIpc) is 2.47. The fraction of sp³-hybridized carbons (Fsp3) is 0.200. The zero-order chi connectivity index (χ0) is 13.7. The van der Waals surface area contributed by atoms with E-state index in [4.69, 9.17) is 10.00 Å². The standard InChI is InChI=1S/C15H15N3O/c1-11(13-3-5-14(19-2)6-4-13)18-15-9-12(10-16)7-8-17-15/h3-9,11H,1-2H3,(H,17,18). The summed E-state index contributed by atoms with van der Waals surface area (Å²) in [6.45, 7) is 2.04. The van der Waals surface area contributed by atoms with E-state index in [0.717, 1.165) is 11.3 Å². The number of nitrogens with zero attached hydrogens (tertiary/aromatic N) is 2. The van der Waals surface area contributed by atoms with Crippen molar-refractivity contribution in [3.63, 3.8) is 0 Å². The highest BCUT2D eigenvalue weighted by Crippen LogP contribution is 2.20. The summed E-state index contributed by atoms with van der Waals surface area (Å²) in [5.41, 5.74) is 1.73. The fourth-order valence-corrected chi connectivity index (χ4v) is 1.78. The molecule has 4 heteroatoms. The van der Waals surface area contributed by atoms with Crippen LogP contribution in [-0.2, 0) is 0 Å². The van der Waals surface area contributed by atoms with E-state index in [2.05, 4.69) is 16.4 Å². The van der Waals surface area contributed by atoms with Gasteiger partial charge in [0.25, 0.3) is 0 Å². The van der Waals surface area contributed by atoms with Gasteiger partial charge in [-0.15, -0.1) is 0 Å². The van der Waals surface area contributed by atoms with Crippen molar-refractivity contribution in [3.05, 3.63) is 53.7 Å². The van der Waals surface area contributed by atoms with E-state index in [9.17, 15) is 0 Å². The molecule has 0 saturated heterocycles. The number of ether oxygens (including phenoxy) is 1. The van der Waals surface area contributed by atoms with Crippen molar-refractivity contribution in [1.82, 2.24) is 4.98 Å². The predicted octanol–water partition coefficient (Wildman–Crippen LogP) is 3.13. The first-order valence-electron chi connectivity index (χ1n) is 5.99. The summed E-state index contributed by atoms with van der Waals surface area (Å²) in [6.07, 6.45) is 1.63. The number of methoxy groups -OCH3 is 1. The molecule has 1 atom stereocenters. The third-order valence-electron chi connectivity index (χ3n) is 2.87. The Labute approximate surface area is 112 Å². The van der Waals surface area contributed by atoms with E-state index in [-0.39, 0.29) is 6.04 Å². The molecule has 96 valence electrons. The van der Waals surface area contributed by atoms with E-state index in [1.54, 1.807) is 25.4 Å². The van der Waals surface area contributed by atoms with E-state index in [1.807, 2.05) is 31.2 Å². The summed E-state index contributed by atoms with van der Waals surface area (Å²) in [4.78, 5) is 4.20. The van der Waals surface area contributed by atoms with Crippen molar-refractivity contribution in [2.24, 2.45) is 0 Å². The summed E-state index contributed by atoms with van der Waals surface area (Å²) >= 11 is 0. The van der Waals surface area contributed by atoms with E-state index >= 15 is 0 Å². The molecule has 0 bridgehead atoms. The van der Waals surface area contributed by atoms with Crippen molar-refractivity contribution >= 4 is 5.82 Å². The molecule has 0 saturated carbocycles. The van der Waals surface area contributed by atoms with Gasteiger partial charge in [0, 0.05) is 12.2 Å². The van der Waals surface area contributed by atoms with Crippen LogP contribution in [0.1, 0.15) is 24.1 Å². The van der Waals surface area contributed by atoms with E-state index in [1.165, 1.54) is 0 Å². The summed E-state index contributed by atoms with van der Waals surface area (Å²) in [5.74, 6) is 1.53. The third kappa shape index (κ3) is 3.23. The molecule has 2 aromatic rings. The van der Waals surface area contributed by atoms with Crippen molar-refractivity contribution < 1.29 is 4.74 Å². The number of anilines is 1. The minimum absolute atomic E-state index is 0.104. The quantitative estimate of drug-likeness (QED) is 0.909. The summed E-state index contributed by atoms with van der Waals surface area (Å²) in [5, 5.41) is 12.1. The normalized spacial score (nSPS) is 11.4. The van der Waals surface area contributed by atoms with Gasteiger partial charge in [-0.25, -0.2) is 4.98 Å². The minimum Gasteiger partial charge on any atom is -0.497 e. The van der Waals surface area contributed by atoms with Crippen LogP contribution >= 0.6 is 0 Å². The maximum atomic E-state index is 8.85. The van der Waals surface area contributed by atoms with Crippen molar-refractivity contribution in [1.29, 1.82) is 5.26 Å². The highest BCUT2D eigenvalue weighted by molar-refractivity contribution is 5.44. The van der Waals surface area contributed by atoms with E-state index in [0.29, 0.717) is 11.4 Å². The molecule has 0 aliphatic carbocycles. The zero-order valence-electron chi connectivity index (χ0n) is 10.9. The van der Waals surface area contributed by atoms with Crippen molar-refractivity contribution in [3.8, 4) is 11.8 Å². The number of hydrogen-bond acceptors (Lipinski definition) is 4. The third-order valence-corrected chi connectivity index (χ3v) is 2.87. The van der Waals surface area contributed by atoms with Crippen LogP contribution in [0.25, 0.3) is 0 Å². The molecule has 0 aliphatic rings. The number of rotatable bonds is 4. The first-order valence-corrected chi connectivity index (χ1v) is 5.99. The molecule has 0 amide bonds. The van der Waals surface area contributed by atoms with Crippen LogP contribution in [0.4, 0.5) is 5.82 Å². The summed E-state index contributed by atoms with van der Waals surface area (Å²) in [6, 6.07) is 13.5. The van der Waals surface area contributed by atoms with Crippen LogP contribution in [0.15, 0.2) is 42.6 Å². The first kappa shape index (κ1) is 12.9. The molecule has 1 N–H and O–H groups in total. The molecule has 0 fully saturated rings. The van der Waals surface area contributed by atoms with Gasteiger partial charge in [0.1, 0.15) is 11.6 Å². The number of nitriles is 1. The molecule has 2 rings (SSSR count). The molecule has 0 radical (unpaired) electrons. The number of aromatic nitrogens is 1. The zero-order valence-corrected chi connectivity index (χ0v) is 10.9. The Morgan fingerprint density at radius 2 is 2.00 bits per heavy atom. The van der Waals surface area contributed by atoms with Crippen molar-refractivity contribution in [2.75, 3.05) is 12.4 Å². The van der Waals surface area contributed by atoms with Crippen LogP contribution in [0.2, 0.25) is 0 Å². The van der Waals surface area contributed by atoms with Gasteiger partial charge >= 0.3 is 0 Å². The van der Waals surface area contributed by atoms with Gasteiger partial charge in [-0.05, 0) is 36.8 Å². The Balaban J connectivity index is 2.11. The Hall–Kier alpha value is -2.54. The Morgan fingerprint density at radius 3 is 2.63 bits per heavy atom. The Kier molecular flexibility index (Phi) is 3.99. The maximum Gasteiger partial charge on any atom is 0.127 e. The largest absolute Gasteiger partial charge is 0.497 e. The van der Waals surface area contributed by atoms with Crippen LogP contribution < -0.4 is 10.1 Å². The van der Waals surface area contributed by atoms with Crippen LogP contribution in [0.5, 0.6) is 5.75 Å². The summed E-state index contributed by atoms with van der Waals surface area (Å²) < 4.78 is 5.13. The molecular weight excluding hydrogens is 238 g/mol. The number of benzene rings is 1. The lowest BCUT2D eigenvalue weighted by Gasteiger charge is -2.15. The molecule has 19 heavy (non-hydrogen) atoms. The SMILES string of the molecule is COc1ccc(C(C)Nc2cc(C#N)ccn2)cc1. The average molecular weight is 253 g/mol. The van der Waals surface area contributed by atoms with Gasteiger partial charge in [0.05, 0.1) is 18.7 Å². The summed E-state index contributed by atoms with van der Waals surface area (Å²) in [7, 11) is 1.65. The van der Waals surface area contributed by atoms with Crippen LogP contribution in [0, 0.1) is 11.3 Å². The molecule has 1 heterocycles. The number of nitrogens with one attached hydrogen (secondary N) is 1. The van der Waals surface area contributed by atoms with Gasteiger partial charge in [-0.2, -0.15) is 5.26 Å². The lowest BCUT2D eigenvalue weighted by atomic mass is 10.1. The lowest BCUT2D eigenvalue weighted by Crippen LogP contribution is -2.07. The lowest BCUT2D eigenvalue weighted by molar-refractivity contribution is 0.414. The second kappa shape index (κ2) is 5.87. The maximum absolute atomic E-state index is 8.85. The molecular formula is C15H15N3O. The smallest absolute Gasteiger partial charge is 0.127 e. The van der Waals surface area contributed by atoms with Gasteiger partial charge in [-0.1, -0.05) is 12.1 Å². The highest BCUT2D eigenvalue weighted by atomic mass is 16.5. The monoisotopic (exact) mass is 253 g/mol. The Bertz CT molecular complexity index is 587. The minimum atomic E-state index is 0.104. The molecule has 0 spiro atoms. The topological polar surface area (TPSA) is 57.9 Å². The Morgan fingerprint density at radius 1 is 1.26 bits per heavy atom. The molecule has 0 aliphatic heterocycles. The molecule has 1 aromatic heterocycles. The number of hydrogen-bond donors (Lipinski definition) is 1. The van der Waals surface area contributed by atoms with E-state index < -0.39 is 0 Å². The van der Waals surface area contributed by atoms with Gasteiger partial charge < -0.3 is 10.1 Å². The molecule has 1 aromatic carbocycles. The molecule has 1 unspecified atom stereocenters. The second-order valence-corrected chi connectivity index (χ2v) is 4.18. The predicted molar refractivity (Wildman–Crippen MR) is 74.0 cm³/mol. The molecule has 4 nitrogen and oxygen atoms in total. The number of pyridine rings is 1. The highest BCUT2D eigenvalue weighted by Gasteiger charge is 2.06. The van der Waals surface area contributed by atoms with Crippen LogP contribution in [0.3, 0.4) is 0 Å². The van der Waals surface area contributed by atoms with Gasteiger partial charge in [0.15, 0.2) is 0 Å². The fourth-order valence-electron chi connectivity index (χ4n) is 1.78. The van der Waals surface area contributed by atoms with Gasteiger partial charge in [-0.3, -0.25) is 0 Å². The van der Waals surface area contributed by atoms with Gasteiger partial charge in [0.2, 0.25) is 0 Å². The van der Waals surface area contributed by atoms with Crippen LogP contribution in [-0.4, -0.2) is 12.1 Å². The first-order chi connectivity index (χ1) is 9.22. The van der Waals surface area contributed by atoms with Crippen molar-refractivity contribution in [2.45, 2.75) is 13.0 Å².